The largest absolute Gasteiger partial charge is 0.454 e. The lowest BCUT2D eigenvalue weighted by Crippen LogP contribution is -2.44. The van der Waals surface area contributed by atoms with Gasteiger partial charge in [0.1, 0.15) is 0 Å². The van der Waals surface area contributed by atoms with Crippen molar-refractivity contribution < 1.29 is 14.3 Å². The molecule has 0 unspecified atom stereocenters. The molecular weight excluding hydrogens is 290 g/mol. The monoisotopic (exact) mass is 313 g/mol. The van der Waals surface area contributed by atoms with Gasteiger partial charge in [-0.3, -0.25) is 4.79 Å². The van der Waals surface area contributed by atoms with Gasteiger partial charge in [0.25, 0.3) is 0 Å². The number of hydrogen-bond donors (Lipinski definition) is 0. The maximum Gasteiger partial charge on any atom is 0.246 e. The predicted molar refractivity (Wildman–Crippen MR) is 88.2 cm³/mol. The Morgan fingerprint density at radius 2 is 1.91 bits per heavy atom. The second-order valence-electron chi connectivity index (χ2n) is 6.82. The highest BCUT2D eigenvalue weighted by molar-refractivity contribution is 5.92. The summed E-state index contributed by atoms with van der Waals surface area (Å²) >= 11 is 0. The van der Waals surface area contributed by atoms with Crippen LogP contribution in [0, 0.1) is 11.8 Å². The quantitative estimate of drug-likeness (QED) is 0.785. The smallest absolute Gasteiger partial charge is 0.246 e. The van der Waals surface area contributed by atoms with Crippen molar-refractivity contribution >= 4 is 12.0 Å². The summed E-state index contributed by atoms with van der Waals surface area (Å²) in [4.78, 5) is 14.5. The van der Waals surface area contributed by atoms with Crippen molar-refractivity contribution in [3.05, 3.63) is 29.8 Å². The van der Waals surface area contributed by atoms with Gasteiger partial charge >= 0.3 is 0 Å². The fraction of sp³-hybridized carbons (Fsp3) is 0.526. The van der Waals surface area contributed by atoms with E-state index in [1.807, 2.05) is 29.2 Å². The van der Waals surface area contributed by atoms with Gasteiger partial charge in [-0.25, -0.2) is 0 Å². The Morgan fingerprint density at radius 1 is 1.09 bits per heavy atom. The minimum atomic E-state index is 0.131. The molecule has 3 aliphatic rings. The molecule has 0 spiro atoms. The SMILES string of the molecule is O=C(/C=C/c1ccc2c(c1)OCO2)N1CC[C@@H]2CCCC[C@@H]2C1. The maximum absolute atomic E-state index is 12.5. The summed E-state index contributed by atoms with van der Waals surface area (Å²) < 4.78 is 10.7. The molecule has 0 radical (unpaired) electrons. The Morgan fingerprint density at radius 3 is 2.83 bits per heavy atom. The zero-order valence-electron chi connectivity index (χ0n) is 13.4. The molecule has 0 bridgehead atoms. The minimum absolute atomic E-state index is 0.131. The van der Waals surface area contributed by atoms with E-state index in [0.717, 1.165) is 42.0 Å². The normalized spacial score (nSPS) is 26.3. The first-order valence-electron chi connectivity index (χ1n) is 8.66. The Balaban J connectivity index is 1.39. The summed E-state index contributed by atoms with van der Waals surface area (Å²) in [6.07, 6.45) is 10.1. The Bertz CT molecular complexity index is 625. The number of carbonyl (C=O) groups is 1. The van der Waals surface area contributed by atoms with Crippen LogP contribution in [0.3, 0.4) is 0 Å². The van der Waals surface area contributed by atoms with Crippen molar-refractivity contribution in [1.82, 2.24) is 4.90 Å². The average molecular weight is 313 g/mol. The zero-order chi connectivity index (χ0) is 15.6. The summed E-state index contributed by atoms with van der Waals surface area (Å²) in [5.74, 6) is 3.23. The summed E-state index contributed by atoms with van der Waals surface area (Å²) in [6, 6.07) is 5.75. The summed E-state index contributed by atoms with van der Waals surface area (Å²) in [7, 11) is 0. The second-order valence-corrected chi connectivity index (χ2v) is 6.82. The topological polar surface area (TPSA) is 38.8 Å². The molecule has 23 heavy (non-hydrogen) atoms. The summed E-state index contributed by atoms with van der Waals surface area (Å²) in [5.41, 5.74) is 0.968. The first-order valence-corrected chi connectivity index (χ1v) is 8.66. The molecule has 4 nitrogen and oxygen atoms in total. The van der Waals surface area contributed by atoms with Crippen molar-refractivity contribution in [3.63, 3.8) is 0 Å². The highest BCUT2D eigenvalue weighted by Gasteiger charge is 2.32. The minimum Gasteiger partial charge on any atom is -0.454 e. The number of hydrogen-bond acceptors (Lipinski definition) is 3. The lowest BCUT2D eigenvalue weighted by Gasteiger charge is -2.41. The van der Waals surface area contributed by atoms with E-state index >= 15 is 0 Å². The number of benzene rings is 1. The van der Waals surface area contributed by atoms with E-state index < -0.39 is 0 Å². The van der Waals surface area contributed by atoms with Crippen molar-refractivity contribution in [1.29, 1.82) is 0 Å². The average Bonchev–Trinajstić information content (AvgIpc) is 3.07. The van der Waals surface area contributed by atoms with E-state index in [1.54, 1.807) is 6.08 Å². The van der Waals surface area contributed by atoms with Crippen LogP contribution in [-0.4, -0.2) is 30.7 Å². The van der Waals surface area contributed by atoms with Gasteiger partial charge < -0.3 is 14.4 Å². The number of carbonyl (C=O) groups excluding carboxylic acids is 1. The molecule has 4 heteroatoms. The highest BCUT2D eigenvalue weighted by atomic mass is 16.7. The Labute approximate surface area is 137 Å². The molecule has 2 aliphatic heterocycles. The first kappa shape index (κ1) is 14.6. The van der Waals surface area contributed by atoms with Crippen LogP contribution in [0.1, 0.15) is 37.7 Å². The number of fused-ring (bicyclic) bond motifs is 2. The molecule has 2 fully saturated rings. The van der Waals surface area contributed by atoms with Crippen molar-refractivity contribution in [2.75, 3.05) is 19.9 Å². The lowest BCUT2D eigenvalue weighted by molar-refractivity contribution is -0.128. The molecule has 1 saturated heterocycles. The van der Waals surface area contributed by atoms with Gasteiger partial charge in [-0.05, 0) is 48.4 Å². The van der Waals surface area contributed by atoms with E-state index in [1.165, 1.54) is 32.1 Å². The number of likely N-dealkylation sites (tertiary alicyclic amines) is 1. The van der Waals surface area contributed by atoms with Crippen LogP contribution in [0.25, 0.3) is 6.08 Å². The van der Waals surface area contributed by atoms with Gasteiger partial charge in [-0.2, -0.15) is 0 Å². The number of nitrogens with zero attached hydrogens (tertiary/aromatic N) is 1. The fourth-order valence-electron chi connectivity index (χ4n) is 4.09. The Hall–Kier alpha value is -1.97. The summed E-state index contributed by atoms with van der Waals surface area (Å²) in [5, 5.41) is 0. The van der Waals surface area contributed by atoms with Crippen molar-refractivity contribution in [2.24, 2.45) is 11.8 Å². The molecule has 4 rings (SSSR count). The maximum atomic E-state index is 12.5. The molecular formula is C19H23NO3. The molecule has 1 aromatic rings. The van der Waals surface area contributed by atoms with Gasteiger partial charge in [-0.1, -0.05) is 25.3 Å². The van der Waals surface area contributed by atoms with E-state index in [0.29, 0.717) is 0 Å². The standard InChI is InChI=1S/C19H23NO3/c21-19(20-10-9-15-3-1-2-4-16(15)12-20)8-6-14-5-7-17-18(11-14)23-13-22-17/h5-8,11,15-16H,1-4,9-10,12-13H2/b8-6+/t15-,16+/m0/s1. The van der Waals surface area contributed by atoms with Gasteiger partial charge in [0.05, 0.1) is 0 Å². The third-order valence-corrected chi connectivity index (χ3v) is 5.42. The first-order chi connectivity index (χ1) is 11.3. The van der Waals surface area contributed by atoms with Gasteiger partial charge in [0.15, 0.2) is 11.5 Å². The predicted octanol–water partition coefficient (Wildman–Crippen LogP) is 3.47. The molecule has 1 amide bonds. The second kappa shape index (κ2) is 6.26. The molecule has 0 aromatic heterocycles. The number of ether oxygens (including phenoxy) is 2. The summed E-state index contributed by atoms with van der Waals surface area (Å²) in [6.45, 7) is 2.12. The number of rotatable bonds is 2. The van der Waals surface area contributed by atoms with Gasteiger partial charge in [0, 0.05) is 19.2 Å². The molecule has 1 saturated carbocycles. The van der Waals surface area contributed by atoms with Crippen LogP contribution < -0.4 is 9.47 Å². The highest BCUT2D eigenvalue weighted by Crippen LogP contribution is 2.36. The van der Waals surface area contributed by atoms with Crippen LogP contribution >= 0.6 is 0 Å². The fourth-order valence-corrected chi connectivity index (χ4v) is 4.09. The van der Waals surface area contributed by atoms with Crippen LogP contribution in [0.2, 0.25) is 0 Å². The molecule has 0 N–H and O–H groups in total. The zero-order valence-corrected chi connectivity index (χ0v) is 13.4. The molecule has 2 heterocycles. The lowest BCUT2D eigenvalue weighted by atomic mass is 9.75. The number of amides is 1. The van der Waals surface area contributed by atoms with Crippen LogP contribution in [0.5, 0.6) is 11.5 Å². The van der Waals surface area contributed by atoms with E-state index in [4.69, 9.17) is 9.47 Å². The molecule has 122 valence electrons. The van der Waals surface area contributed by atoms with Crippen molar-refractivity contribution in [3.8, 4) is 11.5 Å². The number of piperidine rings is 1. The van der Waals surface area contributed by atoms with Crippen molar-refractivity contribution in [2.45, 2.75) is 32.1 Å². The van der Waals surface area contributed by atoms with E-state index in [9.17, 15) is 4.79 Å². The van der Waals surface area contributed by atoms with Gasteiger partial charge in [-0.15, -0.1) is 0 Å². The van der Waals surface area contributed by atoms with Crippen LogP contribution in [0.4, 0.5) is 0 Å². The third-order valence-electron chi connectivity index (χ3n) is 5.42. The molecule has 2 atom stereocenters. The van der Waals surface area contributed by atoms with Gasteiger partial charge in [0.2, 0.25) is 12.7 Å². The Kier molecular flexibility index (Phi) is 3.98. The third kappa shape index (κ3) is 3.07. The van der Waals surface area contributed by atoms with E-state index in [-0.39, 0.29) is 12.7 Å². The molecule has 1 aromatic carbocycles. The van der Waals surface area contributed by atoms with E-state index in [2.05, 4.69) is 0 Å². The van der Waals surface area contributed by atoms with Crippen LogP contribution in [-0.2, 0) is 4.79 Å². The molecule has 1 aliphatic carbocycles. The van der Waals surface area contributed by atoms with Crippen LogP contribution in [0.15, 0.2) is 24.3 Å².